The highest BCUT2D eigenvalue weighted by Crippen LogP contribution is 2.28. The van der Waals surface area contributed by atoms with Crippen LogP contribution < -0.4 is 10.1 Å². The first-order chi connectivity index (χ1) is 8.42. The molecule has 0 aromatic heterocycles. The Morgan fingerprint density at radius 2 is 1.67 bits per heavy atom. The van der Waals surface area contributed by atoms with Gasteiger partial charge in [0.25, 0.3) is 0 Å². The molecule has 1 fully saturated rings. The Kier molecular flexibility index (Phi) is 4.24. The second kappa shape index (κ2) is 5.89. The first kappa shape index (κ1) is 12.9. The van der Waals surface area contributed by atoms with Crippen LogP contribution in [0.25, 0.3) is 0 Å². The fraction of sp³-hybridized carbons (Fsp3) is 0.200. The topological polar surface area (TPSA) is 21.3 Å². The Morgan fingerprint density at radius 1 is 0.944 bits per heavy atom. The molecule has 0 saturated carbocycles. The van der Waals surface area contributed by atoms with Crippen molar-refractivity contribution in [2.45, 2.75) is 12.5 Å². The van der Waals surface area contributed by atoms with E-state index in [1.807, 2.05) is 42.5 Å². The zero-order valence-electron chi connectivity index (χ0n) is 10.0. The van der Waals surface area contributed by atoms with Crippen LogP contribution in [0.1, 0.15) is 18.0 Å². The monoisotopic (exact) mass is 261 g/mol. The average molecular weight is 262 g/mol. The van der Waals surface area contributed by atoms with E-state index in [4.69, 9.17) is 4.74 Å². The third-order valence-electron chi connectivity index (χ3n) is 3.06. The summed E-state index contributed by atoms with van der Waals surface area (Å²) in [4.78, 5) is 0. The van der Waals surface area contributed by atoms with Gasteiger partial charge in [-0.1, -0.05) is 30.3 Å². The van der Waals surface area contributed by atoms with Gasteiger partial charge in [-0.25, -0.2) is 0 Å². The fourth-order valence-corrected chi connectivity index (χ4v) is 1.99. The second-order valence-corrected chi connectivity index (χ2v) is 4.28. The van der Waals surface area contributed by atoms with Crippen molar-refractivity contribution in [1.29, 1.82) is 0 Å². The molecule has 1 N–H and O–H groups in total. The molecular weight excluding hydrogens is 246 g/mol. The molecule has 0 aliphatic carbocycles. The van der Waals surface area contributed by atoms with Crippen molar-refractivity contribution in [1.82, 2.24) is 5.32 Å². The summed E-state index contributed by atoms with van der Waals surface area (Å²) in [6, 6.07) is 18.7. The minimum absolute atomic E-state index is 0. The summed E-state index contributed by atoms with van der Waals surface area (Å²) in [5, 5.41) is 3.40. The van der Waals surface area contributed by atoms with Crippen LogP contribution in [0.2, 0.25) is 0 Å². The minimum Gasteiger partial charge on any atom is -0.457 e. The van der Waals surface area contributed by atoms with Gasteiger partial charge in [-0.3, -0.25) is 0 Å². The summed E-state index contributed by atoms with van der Waals surface area (Å²) in [6.07, 6.45) is 1.22. The standard InChI is InChI=1S/C15H15NO.ClH/c1-2-6-13(7-3-1)17-14-8-4-5-12(11-14)15-9-10-16-15;/h1-8,11,15-16H,9-10H2;1H/t15-;/m0./s1. The van der Waals surface area contributed by atoms with Gasteiger partial charge in [-0.2, -0.15) is 0 Å². The van der Waals surface area contributed by atoms with E-state index in [9.17, 15) is 0 Å². The molecule has 1 aliphatic rings. The first-order valence-corrected chi connectivity index (χ1v) is 5.98. The van der Waals surface area contributed by atoms with Crippen molar-refractivity contribution in [2.75, 3.05) is 6.54 Å². The molecule has 18 heavy (non-hydrogen) atoms. The normalized spacial score (nSPS) is 17.4. The number of para-hydroxylation sites is 1. The van der Waals surface area contributed by atoms with E-state index in [0.29, 0.717) is 6.04 Å². The summed E-state index contributed by atoms with van der Waals surface area (Å²) in [7, 11) is 0. The quantitative estimate of drug-likeness (QED) is 0.904. The van der Waals surface area contributed by atoms with E-state index in [-0.39, 0.29) is 12.4 Å². The van der Waals surface area contributed by atoms with Crippen LogP contribution in [-0.4, -0.2) is 6.54 Å². The number of hydrogen-bond acceptors (Lipinski definition) is 2. The maximum atomic E-state index is 5.81. The Bertz CT molecular complexity index is 497. The lowest BCUT2D eigenvalue weighted by atomic mass is 9.98. The Morgan fingerprint density at radius 3 is 2.33 bits per heavy atom. The zero-order chi connectivity index (χ0) is 11.5. The molecule has 1 atom stereocenters. The summed E-state index contributed by atoms with van der Waals surface area (Å²) >= 11 is 0. The third-order valence-corrected chi connectivity index (χ3v) is 3.06. The molecule has 3 rings (SSSR count). The molecule has 2 aromatic carbocycles. The predicted molar refractivity (Wildman–Crippen MR) is 75.6 cm³/mol. The van der Waals surface area contributed by atoms with Gasteiger partial charge >= 0.3 is 0 Å². The van der Waals surface area contributed by atoms with Crippen molar-refractivity contribution in [2.24, 2.45) is 0 Å². The molecule has 3 heteroatoms. The highest BCUT2D eigenvalue weighted by molar-refractivity contribution is 5.85. The highest BCUT2D eigenvalue weighted by Gasteiger charge is 2.18. The Hall–Kier alpha value is -1.51. The van der Waals surface area contributed by atoms with Crippen molar-refractivity contribution >= 4 is 12.4 Å². The summed E-state index contributed by atoms with van der Waals surface area (Å²) < 4.78 is 5.81. The van der Waals surface area contributed by atoms with Crippen LogP contribution >= 0.6 is 12.4 Å². The number of ether oxygens (including phenoxy) is 1. The van der Waals surface area contributed by atoms with Gasteiger partial charge in [0, 0.05) is 6.04 Å². The largest absolute Gasteiger partial charge is 0.457 e. The van der Waals surface area contributed by atoms with Crippen LogP contribution in [0, 0.1) is 0 Å². The number of rotatable bonds is 3. The molecule has 2 aromatic rings. The van der Waals surface area contributed by atoms with Crippen LogP contribution in [0.4, 0.5) is 0 Å². The fourth-order valence-electron chi connectivity index (χ4n) is 1.99. The molecular formula is C15H16ClNO. The molecule has 94 valence electrons. The maximum Gasteiger partial charge on any atom is 0.127 e. The lowest BCUT2D eigenvalue weighted by Crippen LogP contribution is -2.34. The van der Waals surface area contributed by atoms with E-state index >= 15 is 0 Å². The summed E-state index contributed by atoms with van der Waals surface area (Å²) in [6.45, 7) is 1.12. The molecule has 0 unspecified atom stereocenters. The zero-order valence-corrected chi connectivity index (χ0v) is 10.8. The molecule has 0 radical (unpaired) electrons. The van der Waals surface area contributed by atoms with E-state index < -0.39 is 0 Å². The van der Waals surface area contributed by atoms with Crippen molar-refractivity contribution < 1.29 is 4.74 Å². The molecule has 0 spiro atoms. The SMILES string of the molecule is Cl.c1ccc(Oc2cccc([C@@H]3CCN3)c2)cc1. The van der Waals surface area contributed by atoms with Crippen LogP contribution in [0.3, 0.4) is 0 Å². The van der Waals surface area contributed by atoms with Gasteiger partial charge in [0.05, 0.1) is 0 Å². The van der Waals surface area contributed by atoms with Crippen LogP contribution in [-0.2, 0) is 0 Å². The summed E-state index contributed by atoms with van der Waals surface area (Å²) in [5.41, 5.74) is 1.31. The third kappa shape index (κ3) is 2.84. The average Bonchev–Trinajstić information content (AvgIpc) is 2.28. The Labute approximate surface area is 113 Å². The Balaban J connectivity index is 0.00000120. The number of hydrogen-bond donors (Lipinski definition) is 1. The van der Waals surface area contributed by atoms with E-state index in [1.165, 1.54) is 12.0 Å². The van der Waals surface area contributed by atoms with E-state index in [0.717, 1.165) is 18.0 Å². The summed E-state index contributed by atoms with van der Waals surface area (Å²) in [5.74, 6) is 1.79. The van der Waals surface area contributed by atoms with Crippen molar-refractivity contribution in [3.05, 3.63) is 60.2 Å². The minimum atomic E-state index is 0. The van der Waals surface area contributed by atoms with E-state index in [1.54, 1.807) is 0 Å². The molecule has 0 amide bonds. The lowest BCUT2D eigenvalue weighted by molar-refractivity contribution is 0.381. The van der Waals surface area contributed by atoms with Gasteiger partial charge in [-0.05, 0) is 42.8 Å². The number of benzene rings is 2. The molecule has 1 saturated heterocycles. The highest BCUT2D eigenvalue weighted by atomic mass is 35.5. The van der Waals surface area contributed by atoms with Gasteiger partial charge in [0.15, 0.2) is 0 Å². The molecule has 0 bridgehead atoms. The van der Waals surface area contributed by atoms with E-state index in [2.05, 4.69) is 17.4 Å². The van der Waals surface area contributed by atoms with Crippen molar-refractivity contribution in [3.63, 3.8) is 0 Å². The first-order valence-electron chi connectivity index (χ1n) is 5.98. The maximum absolute atomic E-state index is 5.81. The predicted octanol–water partition coefficient (Wildman–Crippen LogP) is 3.94. The van der Waals surface area contributed by atoms with Gasteiger partial charge in [0.2, 0.25) is 0 Å². The smallest absolute Gasteiger partial charge is 0.127 e. The van der Waals surface area contributed by atoms with Gasteiger partial charge < -0.3 is 10.1 Å². The second-order valence-electron chi connectivity index (χ2n) is 4.28. The van der Waals surface area contributed by atoms with Crippen molar-refractivity contribution in [3.8, 4) is 11.5 Å². The van der Waals surface area contributed by atoms with Crippen LogP contribution in [0.15, 0.2) is 54.6 Å². The lowest BCUT2D eigenvalue weighted by Gasteiger charge is -2.28. The molecule has 1 aliphatic heterocycles. The molecule has 1 heterocycles. The van der Waals surface area contributed by atoms with Crippen LogP contribution in [0.5, 0.6) is 11.5 Å². The number of halogens is 1. The number of nitrogens with one attached hydrogen (secondary N) is 1. The van der Waals surface area contributed by atoms with Gasteiger partial charge in [-0.15, -0.1) is 12.4 Å². The molecule has 2 nitrogen and oxygen atoms in total. The van der Waals surface area contributed by atoms with Gasteiger partial charge in [0.1, 0.15) is 11.5 Å².